The van der Waals surface area contributed by atoms with E-state index in [-0.39, 0.29) is 0 Å². The van der Waals surface area contributed by atoms with Crippen molar-refractivity contribution in [1.82, 2.24) is 0 Å². The lowest BCUT2D eigenvalue weighted by atomic mass is 10.0. The van der Waals surface area contributed by atoms with Gasteiger partial charge in [0.2, 0.25) is 0 Å². The van der Waals surface area contributed by atoms with Crippen LogP contribution >= 0.6 is 0 Å². The summed E-state index contributed by atoms with van der Waals surface area (Å²) in [6.07, 6.45) is 6.44. The molecule has 0 unspecified atom stereocenters. The fourth-order valence-electron chi connectivity index (χ4n) is 6.22. The SMILES string of the molecule is C[N+]12CC[N+](CC3=CCC(C[N+]45CC[N+](C)(CC4)CC5)=C3)(CC1)CC2. The smallest absolute Gasteiger partial charge is 0.129 e. The van der Waals surface area contributed by atoms with Crippen LogP contribution in [0.15, 0.2) is 23.3 Å². The average molecular weight is 347 g/mol. The van der Waals surface area contributed by atoms with E-state index < -0.39 is 0 Å². The molecule has 4 bridgehead atoms. The maximum absolute atomic E-state index is 2.62. The molecule has 0 amide bonds. The fourth-order valence-corrected chi connectivity index (χ4v) is 6.22. The molecule has 7 rings (SSSR count). The highest BCUT2D eigenvalue weighted by Crippen LogP contribution is 2.31. The first-order chi connectivity index (χ1) is 11.9. The van der Waals surface area contributed by atoms with Gasteiger partial charge in [-0.15, -0.1) is 0 Å². The maximum Gasteiger partial charge on any atom is 0.129 e. The van der Waals surface area contributed by atoms with Crippen molar-refractivity contribution in [3.8, 4) is 0 Å². The Morgan fingerprint density at radius 2 is 1.08 bits per heavy atom. The number of nitrogens with zero attached hydrogens (tertiary/aromatic N) is 4. The normalized spacial score (nSPS) is 48.6. The molecule has 0 saturated carbocycles. The van der Waals surface area contributed by atoms with Crippen LogP contribution in [0, 0.1) is 0 Å². The number of piperazine rings is 6. The van der Waals surface area contributed by atoms with Gasteiger partial charge in [-0.05, 0) is 18.1 Å². The topological polar surface area (TPSA) is 0 Å². The predicted octanol–water partition coefficient (Wildman–Crippen LogP) is 0.824. The van der Waals surface area contributed by atoms with Crippen molar-refractivity contribution in [1.29, 1.82) is 0 Å². The molecule has 0 spiro atoms. The van der Waals surface area contributed by atoms with Crippen LogP contribution in [0.25, 0.3) is 0 Å². The molecule has 0 aromatic carbocycles. The first kappa shape index (κ1) is 16.5. The Morgan fingerprint density at radius 3 is 1.56 bits per heavy atom. The molecule has 0 aromatic heterocycles. The molecule has 6 fully saturated rings. The Hall–Kier alpha value is -0.680. The second-order valence-corrected chi connectivity index (χ2v) is 10.7. The molecule has 4 heteroatoms. The highest BCUT2D eigenvalue weighted by atomic mass is 15.5. The number of likely N-dealkylation sites (N-methyl/N-ethyl adjacent to an activating group) is 2. The van der Waals surface area contributed by atoms with Crippen LogP contribution in [-0.4, -0.2) is 124 Å². The third-order valence-corrected chi connectivity index (χ3v) is 8.76. The van der Waals surface area contributed by atoms with Gasteiger partial charge in [0.15, 0.2) is 0 Å². The lowest BCUT2D eigenvalue weighted by Gasteiger charge is -2.54. The van der Waals surface area contributed by atoms with Crippen molar-refractivity contribution in [2.24, 2.45) is 0 Å². The summed E-state index contributed by atoms with van der Waals surface area (Å²) in [4.78, 5) is 0. The summed E-state index contributed by atoms with van der Waals surface area (Å²) in [5, 5.41) is 0. The van der Waals surface area contributed by atoms with Gasteiger partial charge in [-0.3, -0.25) is 0 Å². The van der Waals surface area contributed by atoms with Gasteiger partial charge in [0, 0.05) is 5.57 Å². The van der Waals surface area contributed by atoms with Gasteiger partial charge in [0.25, 0.3) is 0 Å². The Labute approximate surface area is 154 Å². The summed E-state index contributed by atoms with van der Waals surface area (Å²) in [5.41, 5.74) is 3.40. The Kier molecular flexibility index (Phi) is 3.57. The molecular weight excluding hydrogens is 308 g/mol. The van der Waals surface area contributed by atoms with Crippen LogP contribution in [0.3, 0.4) is 0 Å². The number of quaternary nitrogens is 4. The van der Waals surface area contributed by atoms with E-state index in [2.05, 4.69) is 26.2 Å². The molecule has 7 aliphatic rings. The van der Waals surface area contributed by atoms with Gasteiger partial charge in [-0.1, -0.05) is 6.08 Å². The second kappa shape index (κ2) is 5.41. The van der Waals surface area contributed by atoms with Crippen molar-refractivity contribution in [3.63, 3.8) is 0 Å². The Morgan fingerprint density at radius 1 is 0.640 bits per heavy atom. The Balaban J connectivity index is 1.22. The summed E-state index contributed by atoms with van der Waals surface area (Å²) < 4.78 is 5.48. The van der Waals surface area contributed by atoms with Crippen molar-refractivity contribution >= 4 is 0 Å². The van der Waals surface area contributed by atoms with Gasteiger partial charge in [0.05, 0.1) is 14.1 Å². The summed E-state index contributed by atoms with van der Waals surface area (Å²) >= 11 is 0. The maximum atomic E-state index is 2.62. The third-order valence-electron chi connectivity index (χ3n) is 8.76. The molecule has 6 heterocycles. The molecule has 6 aliphatic heterocycles. The van der Waals surface area contributed by atoms with E-state index in [1.807, 2.05) is 0 Å². The van der Waals surface area contributed by atoms with E-state index >= 15 is 0 Å². The van der Waals surface area contributed by atoms with Crippen molar-refractivity contribution in [2.45, 2.75) is 6.42 Å². The van der Waals surface area contributed by atoms with Crippen LogP contribution < -0.4 is 0 Å². The molecular formula is C21H38N4+4. The van der Waals surface area contributed by atoms with Gasteiger partial charge in [-0.2, -0.15) is 0 Å². The molecule has 0 aromatic rings. The van der Waals surface area contributed by atoms with Crippen molar-refractivity contribution in [2.75, 3.05) is 106 Å². The van der Waals surface area contributed by atoms with E-state index in [1.54, 1.807) is 11.1 Å². The van der Waals surface area contributed by atoms with Crippen molar-refractivity contribution < 1.29 is 17.9 Å². The minimum atomic E-state index is 1.25. The monoisotopic (exact) mass is 346 g/mol. The first-order valence-corrected chi connectivity index (χ1v) is 10.7. The zero-order valence-corrected chi connectivity index (χ0v) is 16.6. The van der Waals surface area contributed by atoms with Gasteiger partial charge >= 0.3 is 0 Å². The van der Waals surface area contributed by atoms with Gasteiger partial charge in [-0.25, -0.2) is 0 Å². The first-order valence-electron chi connectivity index (χ1n) is 10.7. The van der Waals surface area contributed by atoms with Crippen LogP contribution in [-0.2, 0) is 0 Å². The number of hydrogen-bond acceptors (Lipinski definition) is 0. The highest BCUT2D eigenvalue weighted by molar-refractivity contribution is 5.33. The molecule has 6 saturated heterocycles. The van der Waals surface area contributed by atoms with Crippen LogP contribution in [0.4, 0.5) is 0 Å². The van der Waals surface area contributed by atoms with Gasteiger partial charge in [0.1, 0.15) is 91.6 Å². The summed E-state index contributed by atoms with van der Waals surface area (Å²) in [7, 11) is 4.94. The zero-order chi connectivity index (χ0) is 17.2. The van der Waals surface area contributed by atoms with Crippen LogP contribution in [0.1, 0.15) is 6.42 Å². The molecule has 138 valence electrons. The average Bonchev–Trinajstić information content (AvgIpc) is 3.04. The third kappa shape index (κ3) is 2.91. The number of fused-ring (bicyclic) bond motifs is 6. The molecule has 0 N–H and O–H groups in total. The molecule has 25 heavy (non-hydrogen) atoms. The van der Waals surface area contributed by atoms with E-state index in [4.69, 9.17) is 0 Å². The molecule has 0 radical (unpaired) electrons. The van der Waals surface area contributed by atoms with E-state index in [0.717, 1.165) is 0 Å². The molecule has 4 nitrogen and oxygen atoms in total. The van der Waals surface area contributed by atoms with Crippen molar-refractivity contribution in [3.05, 3.63) is 23.3 Å². The largest absolute Gasteiger partial charge is 0.312 e. The second-order valence-electron chi connectivity index (χ2n) is 10.7. The fraction of sp³-hybridized carbons (Fsp3) is 0.810. The summed E-state index contributed by atoms with van der Waals surface area (Å²) in [6, 6.07) is 0. The standard InChI is InChI=1S/C21H38N4/c1-22-5-11-24(12-6-22,13-7-22)18-20-3-4-21(17-20)19-25-14-8-23(2,9-15-25)10-16-25/h3,17H,4-16,18-19H2,1-2H3/q+4. The molecule has 0 atom stereocenters. The number of allylic oxidation sites excluding steroid dienone is 1. The minimum absolute atomic E-state index is 1.25. The van der Waals surface area contributed by atoms with E-state index in [1.165, 1.54) is 116 Å². The van der Waals surface area contributed by atoms with E-state index in [9.17, 15) is 0 Å². The summed E-state index contributed by atoms with van der Waals surface area (Å²) in [6.45, 7) is 19.6. The zero-order valence-electron chi connectivity index (χ0n) is 16.6. The quantitative estimate of drug-likeness (QED) is 0.662. The van der Waals surface area contributed by atoms with Gasteiger partial charge < -0.3 is 17.9 Å². The molecule has 1 aliphatic carbocycles. The number of rotatable bonds is 4. The van der Waals surface area contributed by atoms with Crippen LogP contribution in [0.2, 0.25) is 0 Å². The Bertz CT molecular complexity index is 583. The summed E-state index contributed by atoms with van der Waals surface area (Å²) in [5.74, 6) is 0. The minimum Gasteiger partial charge on any atom is -0.312 e. The lowest BCUT2D eigenvalue weighted by Crippen LogP contribution is -2.74. The number of hydrogen-bond donors (Lipinski definition) is 0. The predicted molar refractivity (Wildman–Crippen MR) is 102 cm³/mol. The van der Waals surface area contributed by atoms with E-state index in [0.29, 0.717) is 0 Å². The highest BCUT2D eigenvalue weighted by Gasteiger charge is 2.48. The lowest BCUT2D eigenvalue weighted by molar-refractivity contribution is -1.07. The van der Waals surface area contributed by atoms with Crippen LogP contribution in [0.5, 0.6) is 0 Å².